The van der Waals surface area contributed by atoms with Crippen molar-refractivity contribution in [3.8, 4) is 0 Å². The van der Waals surface area contributed by atoms with Crippen LogP contribution in [0, 0.1) is 13.8 Å². The molecule has 0 atom stereocenters. The van der Waals surface area contributed by atoms with Gasteiger partial charge in [0.15, 0.2) is 5.65 Å². The van der Waals surface area contributed by atoms with Crippen molar-refractivity contribution in [3.05, 3.63) is 46.2 Å². The fraction of sp³-hybridized carbons (Fsp3) is 0.480. The molecule has 0 saturated carbocycles. The molecule has 1 saturated heterocycles. The normalized spacial score (nSPS) is 14.9. The number of halogens is 1. The van der Waals surface area contributed by atoms with E-state index in [4.69, 9.17) is 16.6 Å². The maximum Gasteiger partial charge on any atom is 0.224 e. The van der Waals surface area contributed by atoms with Crippen LogP contribution in [0.5, 0.6) is 0 Å². The molecule has 7 nitrogen and oxygen atoms in total. The van der Waals surface area contributed by atoms with Gasteiger partial charge in [-0.05, 0) is 70.5 Å². The SMILES string of the molecule is Cc1nc2c(cnn2C(C)C)c(C)c1CCC(=O)Nc1cc(Cl)ccc1N1CCN(C)CC1. The zero-order valence-electron chi connectivity index (χ0n) is 20.2. The van der Waals surface area contributed by atoms with Crippen LogP contribution in [0.3, 0.4) is 0 Å². The quantitative estimate of drug-likeness (QED) is 0.572. The first-order valence-corrected chi connectivity index (χ1v) is 12.0. The summed E-state index contributed by atoms with van der Waals surface area (Å²) in [5.41, 5.74) is 5.93. The Morgan fingerprint density at radius 2 is 1.91 bits per heavy atom. The van der Waals surface area contributed by atoms with E-state index in [0.717, 1.165) is 65.4 Å². The molecule has 1 N–H and O–H groups in total. The number of hydrogen-bond donors (Lipinski definition) is 1. The van der Waals surface area contributed by atoms with Crippen LogP contribution in [-0.2, 0) is 11.2 Å². The molecule has 1 aliphatic heterocycles. The number of piperazine rings is 1. The van der Waals surface area contributed by atoms with Crippen molar-refractivity contribution >= 4 is 39.9 Å². The molecule has 8 heteroatoms. The van der Waals surface area contributed by atoms with Crippen molar-refractivity contribution in [2.45, 2.75) is 46.6 Å². The molecule has 1 fully saturated rings. The monoisotopic (exact) mass is 468 g/mol. The first kappa shape index (κ1) is 23.5. The third kappa shape index (κ3) is 4.99. The van der Waals surface area contributed by atoms with E-state index in [9.17, 15) is 4.79 Å². The van der Waals surface area contributed by atoms with E-state index in [1.54, 1.807) is 0 Å². The number of likely N-dealkylation sites (N-methyl/N-ethyl adjacent to an activating group) is 1. The van der Waals surface area contributed by atoms with Crippen LogP contribution < -0.4 is 10.2 Å². The Morgan fingerprint density at radius 1 is 1.18 bits per heavy atom. The second-order valence-corrected chi connectivity index (χ2v) is 9.66. The molecule has 0 radical (unpaired) electrons. The number of amides is 1. The van der Waals surface area contributed by atoms with E-state index < -0.39 is 0 Å². The van der Waals surface area contributed by atoms with E-state index in [2.05, 4.69) is 48.0 Å². The fourth-order valence-corrected chi connectivity index (χ4v) is 4.69. The molecule has 3 heterocycles. The van der Waals surface area contributed by atoms with Gasteiger partial charge in [-0.15, -0.1) is 0 Å². The highest BCUT2D eigenvalue weighted by molar-refractivity contribution is 6.31. The molecule has 0 spiro atoms. The Labute approximate surface area is 200 Å². The van der Waals surface area contributed by atoms with Crippen molar-refractivity contribution in [1.82, 2.24) is 19.7 Å². The van der Waals surface area contributed by atoms with Crippen molar-refractivity contribution < 1.29 is 4.79 Å². The lowest BCUT2D eigenvalue weighted by molar-refractivity contribution is -0.116. The summed E-state index contributed by atoms with van der Waals surface area (Å²) in [5, 5.41) is 9.29. The summed E-state index contributed by atoms with van der Waals surface area (Å²) in [6, 6.07) is 5.98. The predicted molar refractivity (Wildman–Crippen MR) is 135 cm³/mol. The van der Waals surface area contributed by atoms with Gasteiger partial charge >= 0.3 is 0 Å². The lowest BCUT2D eigenvalue weighted by atomic mass is 10.0. The molecule has 1 amide bonds. The third-order valence-electron chi connectivity index (χ3n) is 6.50. The molecule has 176 valence electrons. The highest BCUT2D eigenvalue weighted by Gasteiger charge is 2.19. The third-order valence-corrected chi connectivity index (χ3v) is 6.74. The molecule has 0 aliphatic carbocycles. The number of anilines is 2. The van der Waals surface area contributed by atoms with Gasteiger partial charge in [0.25, 0.3) is 0 Å². The maximum atomic E-state index is 12.9. The number of nitrogens with zero attached hydrogens (tertiary/aromatic N) is 5. The van der Waals surface area contributed by atoms with Crippen molar-refractivity contribution in [2.75, 3.05) is 43.4 Å². The average molecular weight is 469 g/mol. The summed E-state index contributed by atoms with van der Waals surface area (Å²) in [7, 11) is 2.13. The number of aromatic nitrogens is 3. The minimum absolute atomic E-state index is 0.0237. The Bertz CT molecular complexity index is 1160. The van der Waals surface area contributed by atoms with Gasteiger partial charge in [0, 0.05) is 54.7 Å². The Morgan fingerprint density at radius 3 is 2.61 bits per heavy atom. The van der Waals surface area contributed by atoms with Crippen LogP contribution in [0.25, 0.3) is 11.0 Å². The molecule has 33 heavy (non-hydrogen) atoms. The molecule has 3 aromatic rings. The summed E-state index contributed by atoms with van der Waals surface area (Å²) in [5.74, 6) is -0.0237. The van der Waals surface area contributed by atoms with Gasteiger partial charge in [-0.2, -0.15) is 5.10 Å². The van der Waals surface area contributed by atoms with Gasteiger partial charge in [-0.3, -0.25) is 4.79 Å². The van der Waals surface area contributed by atoms with Crippen molar-refractivity contribution in [3.63, 3.8) is 0 Å². The molecule has 0 unspecified atom stereocenters. The molecule has 1 aromatic carbocycles. The lowest BCUT2D eigenvalue weighted by Crippen LogP contribution is -2.44. The molecular formula is C25H33ClN6O. The molecule has 2 aromatic heterocycles. The van der Waals surface area contributed by atoms with Crippen LogP contribution in [0.4, 0.5) is 11.4 Å². The standard InChI is InChI=1S/C25H33ClN6O/c1-16(2)32-25-21(15-27-32)17(3)20(18(4)28-25)7-9-24(33)29-22-14-19(26)6-8-23(22)31-12-10-30(5)11-13-31/h6,8,14-16H,7,9-13H2,1-5H3,(H,29,33). The number of hydrogen-bond acceptors (Lipinski definition) is 5. The number of nitrogens with one attached hydrogen (secondary N) is 1. The van der Waals surface area contributed by atoms with Crippen LogP contribution in [-0.4, -0.2) is 58.8 Å². The van der Waals surface area contributed by atoms with Gasteiger partial charge in [0.2, 0.25) is 5.91 Å². The Hall–Kier alpha value is -2.64. The molecule has 4 rings (SSSR count). The number of pyridine rings is 1. The number of fused-ring (bicyclic) bond motifs is 1. The van der Waals surface area contributed by atoms with Crippen LogP contribution in [0.2, 0.25) is 5.02 Å². The molecule has 0 bridgehead atoms. The maximum absolute atomic E-state index is 12.9. The number of rotatable bonds is 6. The molecule has 1 aliphatic rings. The number of carbonyl (C=O) groups is 1. The number of aryl methyl sites for hydroxylation is 2. The summed E-state index contributed by atoms with van der Waals surface area (Å²) in [4.78, 5) is 22.4. The van der Waals surface area contributed by atoms with E-state index in [-0.39, 0.29) is 11.9 Å². The van der Waals surface area contributed by atoms with E-state index >= 15 is 0 Å². The lowest BCUT2D eigenvalue weighted by Gasteiger charge is -2.35. The van der Waals surface area contributed by atoms with Crippen LogP contribution in [0.15, 0.2) is 24.4 Å². The largest absolute Gasteiger partial charge is 0.367 e. The van der Waals surface area contributed by atoms with Gasteiger partial charge in [-0.1, -0.05) is 11.6 Å². The fourth-order valence-electron chi connectivity index (χ4n) is 4.52. The van der Waals surface area contributed by atoms with E-state index in [1.165, 1.54) is 0 Å². The second kappa shape index (κ2) is 9.69. The van der Waals surface area contributed by atoms with Gasteiger partial charge in [0.1, 0.15) is 0 Å². The smallest absolute Gasteiger partial charge is 0.224 e. The summed E-state index contributed by atoms with van der Waals surface area (Å²) < 4.78 is 1.95. The highest BCUT2D eigenvalue weighted by atomic mass is 35.5. The Balaban J connectivity index is 1.49. The van der Waals surface area contributed by atoms with Gasteiger partial charge < -0.3 is 15.1 Å². The Kier molecular flexibility index (Phi) is 6.91. The summed E-state index contributed by atoms with van der Waals surface area (Å²) >= 11 is 6.26. The predicted octanol–water partition coefficient (Wildman–Crippen LogP) is 4.61. The number of benzene rings is 1. The summed E-state index contributed by atoms with van der Waals surface area (Å²) in [6.07, 6.45) is 2.89. The topological polar surface area (TPSA) is 66.3 Å². The highest BCUT2D eigenvalue weighted by Crippen LogP contribution is 2.31. The van der Waals surface area contributed by atoms with Crippen LogP contribution in [0.1, 0.15) is 43.1 Å². The summed E-state index contributed by atoms with van der Waals surface area (Å²) in [6.45, 7) is 12.2. The average Bonchev–Trinajstić information content (AvgIpc) is 3.19. The van der Waals surface area contributed by atoms with E-state index in [0.29, 0.717) is 17.9 Å². The van der Waals surface area contributed by atoms with Crippen molar-refractivity contribution in [1.29, 1.82) is 0 Å². The second-order valence-electron chi connectivity index (χ2n) is 9.22. The van der Waals surface area contributed by atoms with Crippen LogP contribution >= 0.6 is 11.6 Å². The van der Waals surface area contributed by atoms with Crippen molar-refractivity contribution in [2.24, 2.45) is 0 Å². The minimum atomic E-state index is -0.0237. The van der Waals surface area contributed by atoms with Gasteiger partial charge in [0.05, 0.1) is 17.6 Å². The molecular weight excluding hydrogens is 436 g/mol. The van der Waals surface area contributed by atoms with Gasteiger partial charge in [-0.25, -0.2) is 9.67 Å². The minimum Gasteiger partial charge on any atom is -0.367 e. The first-order valence-electron chi connectivity index (χ1n) is 11.6. The first-order chi connectivity index (χ1) is 15.7. The van der Waals surface area contributed by atoms with E-state index in [1.807, 2.05) is 36.0 Å². The number of carbonyl (C=O) groups excluding carboxylic acids is 1. The zero-order valence-corrected chi connectivity index (χ0v) is 20.9. The zero-order chi connectivity index (χ0) is 23.7.